The molecule has 0 unspecified atom stereocenters. The quantitative estimate of drug-likeness (QED) is 0.501. The van der Waals surface area contributed by atoms with Gasteiger partial charge in [0.15, 0.2) is 11.0 Å². The monoisotopic (exact) mass is 190 g/mol. The lowest BCUT2D eigenvalue weighted by Crippen LogP contribution is -2.23. The molecule has 1 aromatic heterocycles. The fourth-order valence-electron chi connectivity index (χ4n) is 1.50. The molecule has 0 spiro atoms. The van der Waals surface area contributed by atoms with E-state index in [4.69, 9.17) is 0 Å². The summed E-state index contributed by atoms with van der Waals surface area (Å²) in [4.78, 5) is 2.92. The SMILES string of the molecule is CC(C)(C)c1ccc2[nH]c[n+]([O-])c2c1. The van der Waals surface area contributed by atoms with Gasteiger partial charge in [0.2, 0.25) is 6.33 Å². The van der Waals surface area contributed by atoms with E-state index in [0.29, 0.717) is 5.52 Å². The van der Waals surface area contributed by atoms with Gasteiger partial charge in [-0.15, -0.1) is 0 Å². The maximum absolute atomic E-state index is 11.3. The number of fused-ring (bicyclic) bond motifs is 1. The number of H-pyrrole nitrogens is 1. The van der Waals surface area contributed by atoms with Crippen LogP contribution in [0.15, 0.2) is 24.5 Å². The summed E-state index contributed by atoms with van der Waals surface area (Å²) in [6, 6.07) is 5.95. The summed E-state index contributed by atoms with van der Waals surface area (Å²) in [5.41, 5.74) is 2.85. The van der Waals surface area contributed by atoms with Crippen molar-refractivity contribution in [3.05, 3.63) is 35.3 Å². The highest BCUT2D eigenvalue weighted by molar-refractivity contribution is 5.72. The first-order chi connectivity index (χ1) is 6.48. The molecule has 1 heterocycles. The zero-order chi connectivity index (χ0) is 10.3. The third kappa shape index (κ3) is 1.35. The molecule has 0 amide bonds. The van der Waals surface area contributed by atoms with Gasteiger partial charge in [0.05, 0.1) is 0 Å². The summed E-state index contributed by atoms with van der Waals surface area (Å²) in [6.07, 6.45) is 1.43. The van der Waals surface area contributed by atoms with Crippen molar-refractivity contribution >= 4 is 11.0 Å². The van der Waals surface area contributed by atoms with Crippen LogP contribution in [0.25, 0.3) is 11.0 Å². The maximum atomic E-state index is 11.3. The number of benzene rings is 1. The molecule has 74 valence electrons. The van der Waals surface area contributed by atoms with E-state index < -0.39 is 0 Å². The Labute approximate surface area is 83.0 Å². The van der Waals surface area contributed by atoms with Crippen molar-refractivity contribution < 1.29 is 4.73 Å². The van der Waals surface area contributed by atoms with Crippen LogP contribution in [-0.4, -0.2) is 4.98 Å². The second-order valence-electron chi connectivity index (χ2n) is 4.58. The summed E-state index contributed by atoms with van der Waals surface area (Å²) in [5.74, 6) is 0. The Kier molecular flexibility index (Phi) is 1.77. The molecule has 3 nitrogen and oxygen atoms in total. The molecule has 0 aliphatic carbocycles. The standard InChI is InChI=1S/C11H14N2O/c1-11(2,3)8-4-5-9-10(6-8)13(14)7-12-9/h4-7,12H,1-3H3. The highest BCUT2D eigenvalue weighted by Crippen LogP contribution is 2.23. The second kappa shape index (κ2) is 2.74. The first-order valence-electron chi connectivity index (χ1n) is 4.69. The van der Waals surface area contributed by atoms with E-state index >= 15 is 0 Å². The van der Waals surface area contributed by atoms with Gasteiger partial charge in [-0.3, -0.25) is 0 Å². The van der Waals surface area contributed by atoms with Crippen LogP contribution in [0.2, 0.25) is 0 Å². The third-order valence-electron chi connectivity index (χ3n) is 2.44. The summed E-state index contributed by atoms with van der Waals surface area (Å²) in [7, 11) is 0. The van der Waals surface area contributed by atoms with Crippen molar-refractivity contribution in [1.29, 1.82) is 0 Å². The number of aromatic nitrogens is 2. The van der Waals surface area contributed by atoms with Crippen LogP contribution in [0, 0.1) is 5.21 Å². The highest BCUT2D eigenvalue weighted by atomic mass is 16.5. The minimum Gasteiger partial charge on any atom is -0.710 e. The first-order valence-corrected chi connectivity index (χ1v) is 4.69. The lowest BCUT2D eigenvalue weighted by atomic mass is 9.87. The number of aromatic amines is 1. The van der Waals surface area contributed by atoms with Gasteiger partial charge < -0.3 is 5.21 Å². The molecule has 1 aromatic carbocycles. The Balaban J connectivity index is 2.66. The number of imidazole rings is 1. The van der Waals surface area contributed by atoms with Gasteiger partial charge in [-0.1, -0.05) is 26.8 Å². The van der Waals surface area contributed by atoms with Gasteiger partial charge in [-0.2, -0.15) is 0 Å². The summed E-state index contributed by atoms with van der Waals surface area (Å²) in [6.45, 7) is 6.40. The zero-order valence-electron chi connectivity index (χ0n) is 8.66. The second-order valence-corrected chi connectivity index (χ2v) is 4.58. The van der Waals surface area contributed by atoms with Crippen LogP contribution in [0.4, 0.5) is 0 Å². The predicted molar refractivity (Wildman–Crippen MR) is 56.0 cm³/mol. The maximum Gasteiger partial charge on any atom is 0.245 e. The van der Waals surface area contributed by atoms with Crippen LogP contribution in [0.1, 0.15) is 26.3 Å². The van der Waals surface area contributed by atoms with E-state index in [1.165, 1.54) is 11.9 Å². The smallest absolute Gasteiger partial charge is 0.245 e. The van der Waals surface area contributed by atoms with Gasteiger partial charge in [-0.25, -0.2) is 9.71 Å². The van der Waals surface area contributed by atoms with Crippen molar-refractivity contribution in [2.75, 3.05) is 0 Å². The fraction of sp³-hybridized carbons (Fsp3) is 0.364. The van der Waals surface area contributed by atoms with Crippen molar-refractivity contribution in [1.82, 2.24) is 4.98 Å². The molecule has 0 radical (unpaired) electrons. The van der Waals surface area contributed by atoms with Crippen LogP contribution in [0.5, 0.6) is 0 Å². The molecule has 14 heavy (non-hydrogen) atoms. The van der Waals surface area contributed by atoms with Crippen molar-refractivity contribution in [3.63, 3.8) is 0 Å². The van der Waals surface area contributed by atoms with Crippen molar-refractivity contribution in [2.45, 2.75) is 26.2 Å². The number of rotatable bonds is 0. The average Bonchev–Trinajstić information content (AvgIpc) is 2.46. The molecule has 0 fully saturated rings. The fourth-order valence-corrected chi connectivity index (χ4v) is 1.50. The molecule has 0 aliphatic heterocycles. The minimum absolute atomic E-state index is 0.0818. The van der Waals surface area contributed by atoms with Crippen molar-refractivity contribution in [2.24, 2.45) is 0 Å². The molecular formula is C11H14N2O. The molecule has 0 aliphatic rings. The molecule has 0 bridgehead atoms. The zero-order valence-corrected chi connectivity index (χ0v) is 8.66. The number of nitrogens with zero attached hydrogens (tertiary/aromatic N) is 1. The summed E-state index contributed by atoms with van der Waals surface area (Å²) in [5, 5.41) is 11.3. The van der Waals surface area contributed by atoms with E-state index in [1.54, 1.807) is 0 Å². The highest BCUT2D eigenvalue weighted by Gasteiger charge is 2.15. The van der Waals surface area contributed by atoms with Crippen LogP contribution < -0.4 is 4.73 Å². The Morgan fingerprint density at radius 3 is 2.64 bits per heavy atom. The molecule has 2 aromatic rings. The Bertz CT molecular complexity index is 466. The van der Waals surface area contributed by atoms with E-state index in [9.17, 15) is 5.21 Å². The van der Waals surface area contributed by atoms with Crippen LogP contribution in [0.3, 0.4) is 0 Å². The molecular weight excluding hydrogens is 176 g/mol. The van der Waals surface area contributed by atoms with E-state index in [2.05, 4.69) is 31.8 Å². The van der Waals surface area contributed by atoms with Gasteiger partial charge in [0.25, 0.3) is 0 Å². The first kappa shape index (κ1) is 9.06. The average molecular weight is 190 g/mol. The van der Waals surface area contributed by atoms with Gasteiger partial charge in [0, 0.05) is 0 Å². The van der Waals surface area contributed by atoms with Crippen molar-refractivity contribution in [3.8, 4) is 0 Å². The molecule has 3 heteroatoms. The normalized spacial score (nSPS) is 12.2. The van der Waals surface area contributed by atoms with E-state index in [0.717, 1.165) is 10.2 Å². The van der Waals surface area contributed by atoms with E-state index in [-0.39, 0.29) is 5.41 Å². The largest absolute Gasteiger partial charge is 0.710 e. The number of hydrogen-bond acceptors (Lipinski definition) is 1. The lowest BCUT2D eigenvalue weighted by Gasteiger charge is -2.18. The number of hydrogen-bond donors (Lipinski definition) is 1. The van der Waals surface area contributed by atoms with E-state index in [1.807, 2.05) is 12.1 Å². The van der Waals surface area contributed by atoms with Gasteiger partial charge in [-0.05, 0) is 23.1 Å². The topological polar surface area (TPSA) is 42.7 Å². The predicted octanol–water partition coefficient (Wildman–Crippen LogP) is 2.10. The third-order valence-corrected chi connectivity index (χ3v) is 2.44. The Morgan fingerprint density at radius 1 is 1.29 bits per heavy atom. The van der Waals surface area contributed by atoms with Gasteiger partial charge >= 0.3 is 0 Å². The summed E-state index contributed by atoms with van der Waals surface area (Å²) < 4.78 is 0.866. The molecule has 2 rings (SSSR count). The van der Waals surface area contributed by atoms with Crippen LogP contribution in [-0.2, 0) is 5.41 Å². The molecule has 0 saturated carbocycles. The Hall–Kier alpha value is -1.51. The van der Waals surface area contributed by atoms with Crippen LogP contribution >= 0.6 is 0 Å². The molecule has 0 atom stereocenters. The lowest BCUT2D eigenvalue weighted by molar-refractivity contribution is -0.576. The molecule has 1 N–H and O–H groups in total. The summed E-state index contributed by atoms with van der Waals surface area (Å²) >= 11 is 0. The molecule has 0 saturated heterocycles. The minimum atomic E-state index is 0.0818. The number of nitrogens with one attached hydrogen (secondary N) is 1. The Morgan fingerprint density at radius 2 is 2.00 bits per heavy atom. The van der Waals surface area contributed by atoms with Gasteiger partial charge in [0.1, 0.15) is 0 Å².